The van der Waals surface area contributed by atoms with Crippen molar-refractivity contribution in [2.45, 2.75) is 12.6 Å². The quantitative estimate of drug-likeness (QED) is 0.745. The molecule has 0 aliphatic carbocycles. The maximum absolute atomic E-state index is 12.6. The maximum atomic E-state index is 12.6. The number of rotatable bonds is 0. The van der Waals surface area contributed by atoms with Crippen LogP contribution in [0.4, 0.5) is 13.2 Å². The van der Waals surface area contributed by atoms with Crippen molar-refractivity contribution in [2.24, 2.45) is 0 Å². The molecule has 2 aromatic rings. The van der Waals surface area contributed by atoms with Crippen molar-refractivity contribution in [3.8, 4) is 0 Å². The number of benzene rings is 1. The Morgan fingerprint density at radius 2 is 2.00 bits per heavy atom. The van der Waals surface area contributed by atoms with E-state index in [9.17, 15) is 18.0 Å². The molecule has 0 bridgehead atoms. The van der Waals surface area contributed by atoms with E-state index >= 15 is 0 Å². The maximum Gasteiger partial charge on any atom is 0.416 e. The average molecular weight is 254 g/mol. The lowest BCUT2D eigenvalue weighted by Crippen LogP contribution is -2.31. The first kappa shape index (κ1) is 11.1. The topological polar surface area (TPSA) is 44.9 Å². The van der Waals surface area contributed by atoms with E-state index in [0.29, 0.717) is 35.1 Å². The number of nitrogens with one attached hydrogen (secondary N) is 2. The van der Waals surface area contributed by atoms with Gasteiger partial charge in [-0.15, -0.1) is 0 Å². The number of carbonyl (C=O) groups excluding carboxylic acids is 1. The lowest BCUT2D eigenvalue weighted by molar-refractivity contribution is -0.137. The molecule has 0 atom stereocenters. The second kappa shape index (κ2) is 3.51. The number of aromatic nitrogens is 1. The minimum absolute atomic E-state index is 0.234. The molecule has 94 valence electrons. The molecule has 1 aliphatic heterocycles. The molecule has 2 heterocycles. The molecule has 1 amide bonds. The van der Waals surface area contributed by atoms with Crippen LogP contribution in [0.2, 0.25) is 0 Å². The Balaban J connectivity index is 2.23. The lowest BCUT2D eigenvalue weighted by Gasteiger charge is -2.12. The summed E-state index contributed by atoms with van der Waals surface area (Å²) in [7, 11) is 0. The van der Waals surface area contributed by atoms with Crippen LogP contribution in [0.3, 0.4) is 0 Å². The van der Waals surface area contributed by atoms with Crippen LogP contribution in [-0.4, -0.2) is 17.4 Å². The van der Waals surface area contributed by atoms with Gasteiger partial charge in [-0.3, -0.25) is 4.79 Å². The van der Waals surface area contributed by atoms with Gasteiger partial charge in [-0.25, -0.2) is 0 Å². The molecule has 3 nitrogen and oxygen atoms in total. The Kier molecular flexibility index (Phi) is 2.17. The number of aromatic amines is 1. The van der Waals surface area contributed by atoms with Gasteiger partial charge in [0.1, 0.15) is 0 Å². The summed E-state index contributed by atoms with van der Waals surface area (Å²) >= 11 is 0. The van der Waals surface area contributed by atoms with Gasteiger partial charge in [0.15, 0.2) is 0 Å². The summed E-state index contributed by atoms with van der Waals surface area (Å²) in [5.74, 6) is -0.234. The summed E-state index contributed by atoms with van der Waals surface area (Å²) in [6.45, 7) is 0.505. The van der Waals surface area contributed by atoms with Gasteiger partial charge in [0.05, 0.1) is 11.1 Å². The third-order valence-corrected chi connectivity index (χ3v) is 3.09. The predicted molar refractivity (Wildman–Crippen MR) is 59.3 cm³/mol. The minimum atomic E-state index is -4.37. The highest BCUT2D eigenvalue weighted by Crippen LogP contribution is 2.33. The molecule has 1 aromatic carbocycles. The van der Waals surface area contributed by atoms with Gasteiger partial charge in [0, 0.05) is 29.6 Å². The van der Waals surface area contributed by atoms with Gasteiger partial charge in [0.2, 0.25) is 0 Å². The van der Waals surface area contributed by atoms with Crippen LogP contribution >= 0.6 is 0 Å². The Hall–Kier alpha value is -1.98. The van der Waals surface area contributed by atoms with Gasteiger partial charge in [-0.1, -0.05) is 6.07 Å². The van der Waals surface area contributed by atoms with Crippen LogP contribution in [0.5, 0.6) is 0 Å². The van der Waals surface area contributed by atoms with Crippen molar-refractivity contribution in [1.29, 1.82) is 0 Å². The van der Waals surface area contributed by atoms with Crippen LogP contribution < -0.4 is 5.32 Å². The number of carbonyl (C=O) groups is 1. The highest BCUT2D eigenvalue weighted by Gasteiger charge is 2.31. The Bertz CT molecular complexity index is 643. The smallest absolute Gasteiger partial charge is 0.358 e. The minimum Gasteiger partial charge on any atom is -0.358 e. The normalized spacial score (nSPS) is 15.6. The summed E-state index contributed by atoms with van der Waals surface area (Å²) in [6.07, 6.45) is -3.76. The summed E-state index contributed by atoms with van der Waals surface area (Å²) in [6, 6.07) is 3.39. The summed E-state index contributed by atoms with van der Waals surface area (Å²) in [5.41, 5.74) is 0.805. The summed E-state index contributed by atoms with van der Waals surface area (Å²) in [5, 5.41) is 3.22. The molecular weight excluding hydrogens is 245 g/mol. The highest BCUT2D eigenvalue weighted by molar-refractivity contribution is 6.09. The SMILES string of the molecule is O=C1NCCc2[nH]c3cc(C(F)(F)F)ccc3c21. The third-order valence-electron chi connectivity index (χ3n) is 3.09. The predicted octanol–water partition coefficient (Wildman–Crippen LogP) is 2.47. The fraction of sp³-hybridized carbons (Fsp3) is 0.250. The number of hydrogen-bond donors (Lipinski definition) is 2. The summed E-state index contributed by atoms with van der Waals surface area (Å²) in [4.78, 5) is 14.6. The molecule has 6 heteroatoms. The molecule has 0 spiro atoms. The molecule has 1 aromatic heterocycles. The average Bonchev–Trinajstić information content (AvgIpc) is 2.66. The van der Waals surface area contributed by atoms with Crippen LogP contribution in [0.15, 0.2) is 18.2 Å². The van der Waals surface area contributed by atoms with Gasteiger partial charge in [0.25, 0.3) is 5.91 Å². The standard InChI is InChI=1S/C12H9F3N2O/c13-12(14,15)6-1-2-7-9(5-6)17-8-3-4-16-11(18)10(7)8/h1-2,5,17H,3-4H2,(H,16,18). The number of fused-ring (bicyclic) bond motifs is 3. The van der Waals surface area contributed by atoms with E-state index < -0.39 is 11.7 Å². The summed E-state index contributed by atoms with van der Waals surface area (Å²) < 4.78 is 37.7. The molecule has 2 N–H and O–H groups in total. The van der Waals surface area contributed by atoms with Crippen molar-refractivity contribution in [3.63, 3.8) is 0 Å². The van der Waals surface area contributed by atoms with E-state index in [2.05, 4.69) is 10.3 Å². The molecule has 18 heavy (non-hydrogen) atoms. The van der Waals surface area contributed by atoms with Crippen LogP contribution in [-0.2, 0) is 12.6 Å². The first-order valence-corrected chi connectivity index (χ1v) is 5.47. The zero-order valence-electron chi connectivity index (χ0n) is 9.19. The van der Waals surface area contributed by atoms with E-state index in [-0.39, 0.29) is 5.91 Å². The van der Waals surface area contributed by atoms with Crippen LogP contribution in [0.1, 0.15) is 21.6 Å². The van der Waals surface area contributed by atoms with E-state index in [0.717, 1.165) is 12.1 Å². The fourth-order valence-electron chi connectivity index (χ4n) is 2.27. The zero-order chi connectivity index (χ0) is 12.9. The molecule has 0 unspecified atom stereocenters. The highest BCUT2D eigenvalue weighted by atomic mass is 19.4. The monoisotopic (exact) mass is 254 g/mol. The molecule has 1 aliphatic rings. The van der Waals surface area contributed by atoms with Gasteiger partial charge >= 0.3 is 6.18 Å². The second-order valence-electron chi connectivity index (χ2n) is 4.24. The van der Waals surface area contributed by atoms with Crippen LogP contribution in [0, 0.1) is 0 Å². The number of H-pyrrole nitrogens is 1. The number of amides is 1. The molecule has 3 rings (SSSR count). The Labute approximate surface area is 100.0 Å². The van der Waals surface area contributed by atoms with Crippen LogP contribution in [0.25, 0.3) is 10.9 Å². The van der Waals surface area contributed by atoms with Gasteiger partial charge < -0.3 is 10.3 Å². The molecular formula is C12H9F3N2O. The van der Waals surface area contributed by atoms with E-state index in [1.807, 2.05) is 0 Å². The van der Waals surface area contributed by atoms with Gasteiger partial charge in [-0.05, 0) is 12.1 Å². The molecule has 0 radical (unpaired) electrons. The van der Waals surface area contributed by atoms with Crippen molar-refractivity contribution in [3.05, 3.63) is 35.0 Å². The Morgan fingerprint density at radius 1 is 1.22 bits per heavy atom. The number of halogens is 3. The van der Waals surface area contributed by atoms with Crippen molar-refractivity contribution >= 4 is 16.8 Å². The molecule has 0 fully saturated rings. The van der Waals surface area contributed by atoms with Crippen molar-refractivity contribution in [1.82, 2.24) is 10.3 Å². The molecule has 0 saturated carbocycles. The fourth-order valence-corrected chi connectivity index (χ4v) is 2.27. The lowest BCUT2D eigenvalue weighted by atomic mass is 10.0. The first-order valence-electron chi connectivity index (χ1n) is 5.47. The molecule has 0 saturated heterocycles. The van der Waals surface area contributed by atoms with E-state index in [1.165, 1.54) is 6.07 Å². The number of alkyl halides is 3. The van der Waals surface area contributed by atoms with Crippen molar-refractivity contribution < 1.29 is 18.0 Å². The second-order valence-corrected chi connectivity index (χ2v) is 4.24. The third kappa shape index (κ3) is 1.56. The van der Waals surface area contributed by atoms with E-state index in [1.54, 1.807) is 0 Å². The Morgan fingerprint density at radius 3 is 2.72 bits per heavy atom. The van der Waals surface area contributed by atoms with Crippen molar-refractivity contribution in [2.75, 3.05) is 6.54 Å². The van der Waals surface area contributed by atoms with E-state index in [4.69, 9.17) is 0 Å². The number of hydrogen-bond acceptors (Lipinski definition) is 1. The largest absolute Gasteiger partial charge is 0.416 e. The van der Waals surface area contributed by atoms with Gasteiger partial charge in [-0.2, -0.15) is 13.2 Å². The zero-order valence-corrected chi connectivity index (χ0v) is 9.19. The first-order chi connectivity index (χ1) is 8.47.